The molecule has 0 fully saturated rings. The predicted octanol–water partition coefficient (Wildman–Crippen LogP) is 1.64. The molecule has 0 bridgehead atoms. The van der Waals surface area contributed by atoms with Crippen molar-refractivity contribution in [3.05, 3.63) is 64.2 Å². The molecular weight excluding hydrogens is 352 g/mol. The molecule has 3 rings (SSSR count). The number of carbonyl (C=O) groups is 1. The van der Waals surface area contributed by atoms with Crippen LogP contribution in [-0.4, -0.2) is 48.8 Å². The van der Waals surface area contributed by atoms with Gasteiger partial charge in [-0.2, -0.15) is 4.80 Å². The van der Waals surface area contributed by atoms with Gasteiger partial charge in [-0.05, 0) is 11.3 Å². The van der Waals surface area contributed by atoms with Crippen LogP contribution < -0.4 is 0 Å². The lowest BCUT2D eigenvalue weighted by atomic mass is 10.2. The third-order valence-corrected chi connectivity index (χ3v) is 3.54. The molecule has 136 valence electrons. The molecule has 2 aromatic carbocycles. The second-order valence-electron chi connectivity index (χ2n) is 5.49. The number of para-hydroxylation sites is 1. The highest BCUT2D eigenvalue weighted by molar-refractivity contribution is 5.88. The van der Waals surface area contributed by atoms with E-state index in [1.54, 1.807) is 0 Å². The minimum Gasteiger partial charge on any atom is -0.502 e. The van der Waals surface area contributed by atoms with Gasteiger partial charge in [0, 0.05) is 23.4 Å². The van der Waals surface area contributed by atoms with Gasteiger partial charge in [0.05, 0.1) is 11.5 Å². The molecule has 3 aromatic rings. The van der Waals surface area contributed by atoms with E-state index in [0.717, 1.165) is 5.56 Å². The zero-order valence-electron chi connectivity index (χ0n) is 14.0. The van der Waals surface area contributed by atoms with Crippen LogP contribution in [0.1, 0.15) is 5.56 Å². The Hall–Kier alpha value is -3.95. The molecular formula is C17H14N6O4. The Balaban J connectivity index is 1.61. The number of hydrogen-bond donors (Lipinski definition) is 1. The summed E-state index contributed by atoms with van der Waals surface area (Å²) in [6, 6.07) is 13.3. The molecule has 0 aliphatic carbocycles. The van der Waals surface area contributed by atoms with E-state index in [0.29, 0.717) is 5.82 Å². The molecule has 0 aliphatic rings. The third kappa shape index (κ3) is 4.37. The molecule has 10 nitrogen and oxygen atoms in total. The summed E-state index contributed by atoms with van der Waals surface area (Å²) in [4.78, 5) is 27.2. The van der Waals surface area contributed by atoms with E-state index in [1.165, 1.54) is 29.2 Å². The number of phenolic OH excluding ortho intramolecular Hbond substituents is 1. The van der Waals surface area contributed by atoms with E-state index in [9.17, 15) is 20.0 Å². The molecule has 0 saturated carbocycles. The van der Waals surface area contributed by atoms with Gasteiger partial charge in [-0.15, -0.1) is 10.2 Å². The highest BCUT2D eigenvalue weighted by atomic mass is 16.6. The number of aliphatic imine (C=N–C) groups is 1. The Labute approximate surface area is 152 Å². The SMILES string of the molecule is O=C(CN=Cc1cccc([N+](=O)[O-])c1O)Cn1nnc(-c2ccccc2)n1. The van der Waals surface area contributed by atoms with Crippen molar-refractivity contribution in [2.45, 2.75) is 6.54 Å². The van der Waals surface area contributed by atoms with E-state index in [1.807, 2.05) is 30.3 Å². The summed E-state index contributed by atoms with van der Waals surface area (Å²) < 4.78 is 0. The second kappa shape index (κ2) is 7.95. The number of nitro groups is 1. The van der Waals surface area contributed by atoms with Gasteiger partial charge in [0.2, 0.25) is 11.6 Å². The van der Waals surface area contributed by atoms with Crippen molar-refractivity contribution in [2.75, 3.05) is 6.54 Å². The van der Waals surface area contributed by atoms with E-state index >= 15 is 0 Å². The number of nitrogens with zero attached hydrogens (tertiary/aromatic N) is 6. The highest BCUT2D eigenvalue weighted by Crippen LogP contribution is 2.27. The Morgan fingerprint density at radius 2 is 2.00 bits per heavy atom. The van der Waals surface area contributed by atoms with Crippen molar-refractivity contribution in [3.63, 3.8) is 0 Å². The lowest BCUT2D eigenvalue weighted by molar-refractivity contribution is -0.385. The number of nitro benzene ring substituents is 1. The van der Waals surface area contributed by atoms with Crippen molar-refractivity contribution in [3.8, 4) is 17.1 Å². The zero-order chi connectivity index (χ0) is 19.2. The van der Waals surface area contributed by atoms with E-state index in [4.69, 9.17) is 0 Å². The molecule has 0 atom stereocenters. The maximum atomic E-state index is 12.0. The number of carbonyl (C=O) groups excluding carboxylic acids is 1. The first-order valence-electron chi connectivity index (χ1n) is 7.85. The first kappa shape index (κ1) is 17.9. The van der Waals surface area contributed by atoms with E-state index in [-0.39, 0.29) is 24.4 Å². The summed E-state index contributed by atoms with van der Waals surface area (Å²) in [5.41, 5.74) is 0.517. The molecule has 0 unspecified atom stereocenters. The second-order valence-corrected chi connectivity index (χ2v) is 5.49. The van der Waals surface area contributed by atoms with Gasteiger partial charge in [0.1, 0.15) is 6.54 Å². The summed E-state index contributed by atoms with van der Waals surface area (Å²) in [6.07, 6.45) is 1.21. The number of Topliss-reactive ketones (excluding diaryl/α,β-unsaturated/α-hetero) is 1. The molecule has 0 radical (unpaired) electrons. The first-order valence-corrected chi connectivity index (χ1v) is 7.85. The first-order chi connectivity index (χ1) is 13.0. The number of phenols is 1. The Bertz CT molecular complexity index is 1000. The van der Waals surface area contributed by atoms with Crippen LogP contribution >= 0.6 is 0 Å². The fourth-order valence-corrected chi connectivity index (χ4v) is 2.27. The van der Waals surface area contributed by atoms with Crippen LogP contribution in [0.15, 0.2) is 53.5 Å². The molecule has 1 heterocycles. The number of hydrogen-bond acceptors (Lipinski definition) is 8. The van der Waals surface area contributed by atoms with E-state index in [2.05, 4.69) is 20.4 Å². The zero-order valence-corrected chi connectivity index (χ0v) is 14.0. The molecule has 0 saturated heterocycles. The van der Waals surface area contributed by atoms with Crippen LogP contribution in [0.4, 0.5) is 5.69 Å². The fourth-order valence-electron chi connectivity index (χ4n) is 2.27. The van der Waals surface area contributed by atoms with Crippen LogP contribution in [0, 0.1) is 10.1 Å². The quantitative estimate of drug-likeness (QED) is 0.381. The van der Waals surface area contributed by atoms with Crippen molar-refractivity contribution in [1.82, 2.24) is 20.2 Å². The average molecular weight is 366 g/mol. The van der Waals surface area contributed by atoms with Gasteiger partial charge in [-0.3, -0.25) is 19.9 Å². The topological polar surface area (TPSA) is 136 Å². The number of tetrazole rings is 1. The molecule has 0 amide bonds. The van der Waals surface area contributed by atoms with Crippen LogP contribution in [0.3, 0.4) is 0 Å². The van der Waals surface area contributed by atoms with Crippen molar-refractivity contribution < 1.29 is 14.8 Å². The largest absolute Gasteiger partial charge is 0.502 e. The average Bonchev–Trinajstić information content (AvgIpc) is 3.12. The van der Waals surface area contributed by atoms with Crippen molar-refractivity contribution in [2.24, 2.45) is 4.99 Å². The maximum absolute atomic E-state index is 12.0. The summed E-state index contributed by atoms with van der Waals surface area (Å²) >= 11 is 0. The smallest absolute Gasteiger partial charge is 0.311 e. The molecule has 1 aromatic heterocycles. The van der Waals surface area contributed by atoms with Crippen molar-refractivity contribution >= 4 is 17.7 Å². The normalized spacial score (nSPS) is 11.0. The van der Waals surface area contributed by atoms with Gasteiger partial charge in [-0.25, -0.2) is 0 Å². The number of ketones is 1. The molecule has 10 heteroatoms. The minimum atomic E-state index is -0.696. The Morgan fingerprint density at radius 3 is 2.74 bits per heavy atom. The molecule has 27 heavy (non-hydrogen) atoms. The molecule has 1 N–H and O–H groups in total. The Morgan fingerprint density at radius 1 is 1.22 bits per heavy atom. The van der Waals surface area contributed by atoms with E-state index < -0.39 is 16.4 Å². The van der Waals surface area contributed by atoms with Crippen LogP contribution in [0.2, 0.25) is 0 Å². The van der Waals surface area contributed by atoms with Gasteiger partial charge in [-0.1, -0.05) is 36.4 Å². The van der Waals surface area contributed by atoms with Gasteiger partial charge >= 0.3 is 5.69 Å². The number of aromatic nitrogens is 4. The minimum absolute atomic E-state index is 0.113. The van der Waals surface area contributed by atoms with Crippen LogP contribution in [0.5, 0.6) is 5.75 Å². The summed E-state index contributed by atoms with van der Waals surface area (Å²) in [5, 5.41) is 32.5. The van der Waals surface area contributed by atoms with Gasteiger partial charge < -0.3 is 5.11 Å². The number of aromatic hydroxyl groups is 1. The monoisotopic (exact) mass is 366 g/mol. The lowest BCUT2D eigenvalue weighted by Gasteiger charge is -1.99. The lowest BCUT2D eigenvalue weighted by Crippen LogP contribution is -2.15. The third-order valence-electron chi connectivity index (χ3n) is 3.54. The van der Waals surface area contributed by atoms with Crippen LogP contribution in [0.25, 0.3) is 11.4 Å². The van der Waals surface area contributed by atoms with Crippen LogP contribution in [-0.2, 0) is 11.3 Å². The predicted molar refractivity (Wildman–Crippen MR) is 95.5 cm³/mol. The summed E-state index contributed by atoms with van der Waals surface area (Å²) in [7, 11) is 0. The molecule has 0 spiro atoms. The van der Waals surface area contributed by atoms with Crippen molar-refractivity contribution in [1.29, 1.82) is 0 Å². The maximum Gasteiger partial charge on any atom is 0.311 e. The number of benzene rings is 2. The van der Waals surface area contributed by atoms with Gasteiger partial charge in [0.25, 0.3) is 0 Å². The highest BCUT2D eigenvalue weighted by Gasteiger charge is 2.15. The summed E-state index contributed by atoms with van der Waals surface area (Å²) in [5.74, 6) is -0.370. The fraction of sp³-hybridized carbons (Fsp3) is 0.118. The molecule has 0 aliphatic heterocycles. The summed E-state index contributed by atoms with van der Waals surface area (Å²) in [6.45, 7) is -0.303. The van der Waals surface area contributed by atoms with Gasteiger partial charge in [0.15, 0.2) is 5.78 Å². The Kier molecular flexibility index (Phi) is 5.26. The standard InChI is InChI=1S/C17H14N6O4/c24-14(10-18-9-13-7-4-8-15(16(13)25)23(26)27)11-22-20-17(19-21-22)12-5-2-1-3-6-12/h1-9,25H,10-11H2. The number of rotatable bonds is 7.